The third-order valence-electron chi connectivity index (χ3n) is 16.9. The normalized spacial score (nSPS) is 15.1. The zero-order chi connectivity index (χ0) is 80.1. The van der Waals surface area contributed by atoms with Crippen LogP contribution < -0.4 is 70.0 Å². The van der Waals surface area contributed by atoms with Crippen LogP contribution in [0.4, 0.5) is 0 Å². The van der Waals surface area contributed by atoms with E-state index in [2.05, 4.69) is 68.1 Å². The van der Waals surface area contributed by atoms with Crippen molar-refractivity contribution in [1.82, 2.24) is 73.4 Å². The number of imidazole rings is 1. The molecule has 2 heterocycles. The smallest absolute Gasteiger partial charge is 0.328 e. The predicted molar refractivity (Wildman–Crippen MR) is 381 cm³/mol. The zero-order valence-corrected chi connectivity index (χ0v) is 59.7. The Morgan fingerprint density at radius 1 is 0.454 bits per heavy atom. The number of carboxylic acids is 3. The van der Waals surface area contributed by atoms with Gasteiger partial charge in [0.1, 0.15) is 72.2 Å². The Balaban J connectivity index is 1.46. The Morgan fingerprint density at radius 3 is 1.34 bits per heavy atom. The first-order valence-electron chi connectivity index (χ1n) is 34.4. The third-order valence-corrected chi connectivity index (χ3v) is 16.9. The molecule has 3 aromatic carbocycles. The lowest BCUT2D eigenvalue weighted by atomic mass is 10.0. The topological polar surface area (TPSA) is 626 Å². The number of nitrogens with one attached hydrogen (secondary N) is 13. The SMILES string of the molecule is CC(C)C[C@H](N)C(=O)N[C@H](C(=O)N[C@@H](Cc1ccccc1)C(=O)N[C@@H](CCC(=O)O)C(=O)N[C@@H](Cc1c[nH]cn1)C(=O)N[C@@H](Cc1ccc(O)cc1)C(=O)N[C@@H](Cc1c[nH]c2ccccc12)C(=O)N[C@@H](C)C(=O)N[C@@H](CCC(N)=O)C(=O)N[C@@H](CCC(=O)O)C(=O)N[C@H](C(=O)N[C@@H](CO)C(=O)O)[C@@H](C)O)[C@@H](C)O. The Labute approximate surface area is 618 Å². The molecule has 0 aliphatic rings. The maximum atomic E-state index is 15.1. The number of aromatic nitrogens is 3. The number of aliphatic carboxylic acids is 3. The molecule has 0 saturated heterocycles. The summed E-state index contributed by atoms with van der Waals surface area (Å²) in [6, 6.07) is -0.0654. The molecule has 0 aliphatic carbocycles. The number of phenolic OH excluding ortho intramolecular Hbond substituents is 1. The summed E-state index contributed by atoms with van der Waals surface area (Å²) in [5, 5.41) is 96.4. The lowest BCUT2D eigenvalue weighted by Gasteiger charge is -2.28. The Bertz CT molecular complexity index is 3950. The van der Waals surface area contributed by atoms with Crippen molar-refractivity contribution in [3.05, 3.63) is 120 Å². The van der Waals surface area contributed by atoms with Crippen molar-refractivity contribution < 1.29 is 108 Å². The molecule has 24 N–H and O–H groups in total. The second-order valence-corrected chi connectivity index (χ2v) is 26.2. The molecule has 108 heavy (non-hydrogen) atoms. The first-order valence-corrected chi connectivity index (χ1v) is 34.4. The van der Waals surface area contributed by atoms with Crippen LogP contribution in [0.2, 0.25) is 0 Å². The van der Waals surface area contributed by atoms with Gasteiger partial charge in [-0.05, 0) is 87.3 Å². The van der Waals surface area contributed by atoms with E-state index in [9.17, 15) is 98.1 Å². The van der Waals surface area contributed by atoms with E-state index in [1.807, 2.05) is 19.2 Å². The highest BCUT2D eigenvalue weighted by molar-refractivity contribution is 6.00. The number of hydrogen-bond acceptors (Lipinski definition) is 21. The first-order chi connectivity index (χ1) is 51.0. The van der Waals surface area contributed by atoms with E-state index in [-0.39, 0.29) is 36.6 Å². The molecule has 0 aliphatic heterocycles. The maximum absolute atomic E-state index is 15.1. The number of aromatic amines is 2. The van der Waals surface area contributed by atoms with Gasteiger partial charge in [0.2, 0.25) is 70.9 Å². The highest BCUT2D eigenvalue weighted by Gasteiger charge is 2.39. The quantitative estimate of drug-likeness (QED) is 0.0174. The van der Waals surface area contributed by atoms with Crippen LogP contribution in [-0.4, -0.2) is 231 Å². The van der Waals surface area contributed by atoms with Crippen molar-refractivity contribution >= 4 is 99.7 Å². The van der Waals surface area contributed by atoms with Gasteiger partial charge in [-0.25, -0.2) is 9.78 Å². The van der Waals surface area contributed by atoms with Crippen molar-refractivity contribution in [1.29, 1.82) is 0 Å². The van der Waals surface area contributed by atoms with E-state index >= 15 is 9.59 Å². The average molecular weight is 1510 g/mol. The lowest BCUT2D eigenvalue weighted by Crippen LogP contribution is -2.62. The molecule has 5 rings (SSSR count). The molecule has 0 spiro atoms. The van der Waals surface area contributed by atoms with Gasteiger partial charge in [-0.3, -0.25) is 67.1 Å². The molecule has 0 unspecified atom stereocenters. The van der Waals surface area contributed by atoms with E-state index in [4.69, 9.17) is 11.5 Å². The number of rotatable bonds is 45. The van der Waals surface area contributed by atoms with Crippen LogP contribution in [0.3, 0.4) is 0 Å². The summed E-state index contributed by atoms with van der Waals surface area (Å²) in [7, 11) is 0. The third kappa shape index (κ3) is 28.2. The van der Waals surface area contributed by atoms with Gasteiger partial charge in [0.15, 0.2) is 0 Å². The summed E-state index contributed by atoms with van der Waals surface area (Å²) in [5.41, 5.74) is 13.4. The van der Waals surface area contributed by atoms with E-state index in [1.54, 1.807) is 54.6 Å². The molecule has 12 amide bonds. The predicted octanol–water partition coefficient (Wildman–Crippen LogP) is -4.57. The van der Waals surface area contributed by atoms with E-state index in [1.165, 1.54) is 49.9 Å². The minimum atomic E-state index is -1.95. The standard InChI is InChI=1S/C70H94N16O22/c1-34(2)25-44(71)60(97)85-57(36(4)88)68(105)83-50(26-38-11-7-6-8-12-38)65(102)79-47(20-23-55(92)93)62(99)82-52(29-41-31-73-33-75-41)67(104)80-49(27-39-15-17-42(90)18-16-39)66(103)81-51(28-40-30-74-45-14-10-9-13-43(40)45)64(101)76-35(3)59(96)77-46(19-22-54(72)91)61(98)78-48(21-24-56(94)95)63(100)86-58(37(5)89)69(106)84-53(32-87)70(107)108/h6-18,30-31,33-37,44,46-53,57-58,74,87-90H,19-29,32,71H2,1-5H3,(H2,72,91)(H,73,75)(H,76,101)(H,77,96)(H,78,98)(H,79,102)(H,80,104)(H,81,103)(H,82,99)(H,83,105)(H,84,106)(H,85,97)(H,86,100)(H,92,93)(H,94,95)(H,107,108)/t35-,36+,37+,44-,46-,47-,48-,49-,50-,51-,52-,53-,57-,58-/m0/s1. The van der Waals surface area contributed by atoms with Crippen LogP contribution in [0.25, 0.3) is 10.9 Å². The number of nitrogens with zero attached hydrogens (tertiary/aromatic N) is 1. The molecular weight excluding hydrogens is 1420 g/mol. The summed E-state index contributed by atoms with van der Waals surface area (Å²) < 4.78 is 0. The Kier molecular flexibility index (Phi) is 34.0. The molecule has 0 saturated carbocycles. The van der Waals surface area contributed by atoms with Crippen LogP contribution in [-0.2, 0) is 97.6 Å². The van der Waals surface area contributed by atoms with Crippen molar-refractivity contribution in [2.75, 3.05) is 6.61 Å². The number of carboxylic acid groups (broad SMARTS) is 3. The summed E-state index contributed by atoms with van der Waals surface area (Å²) in [6.07, 6.45) is -4.42. The van der Waals surface area contributed by atoms with Gasteiger partial charge in [0.25, 0.3) is 0 Å². The number of aromatic hydroxyl groups is 1. The highest BCUT2D eigenvalue weighted by Crippen LogP contribution is 2.21. The second-order valence-electron chi connectivity index (χ2n) is 26.2. The fourth-order valence-electron chi connectivity index (χ4n) is 11.0. The lowest BCUT2D eigenvalue weighted by molar-refractivity contribution is -0.144. The number of H-pyrrole nitrogens is 2. The number of benzene rings is 3. The van der Waals surface area contributed by atoms with Crippen LogP contribution in [0.5, 0.6) is 5.75 Å². The summed E-state index contributed by atoms with van der Waals surface area (Å²) >= 11 is 0. The number of hydrogen-bond donors (Lipinski definition) is 22. The molecule has 38 heteroatoms. The molecule has 0 bridgehead atoms. The monoisotopic (exact) mass is 1510 g/mol. The summed E-state index contributed by atoms with van der Waals surface area (Å²) in [5.74, 6) is -18.1. The minimum Gasteiger partial charge on any atom is -0.508 e. The van der Waals surface area contributed by atoms with Gasteiger partial charge < -0.3 is 116 Å². The number of nitrogens with two attached hydrogens (primary N) is 2. The Morgan fingerprint density at radius 2 is 0.870 bits per heavy atom. The number of para-hydroxylation sites is 1. The van der Waals surface area contributed by atoms with Crippen LogP contribution in [0.1, 0.15) is 102 Å². The van der Waals surface area contributed by atoms with Crippen LogP contribution >= 0.6 is 0 Å². The van der Waals surface area contributed by atoms with Gasteiger partial charge in [0.05, 0.1) is 36.9 Å². The van der Waals surface area contributed by atoms with Gasteiger partial charge in [-0.1, -0.05) is 74.5 Å². The second kappa shape index (κ2) is 42.3. The number of carbonyl (C=O) groups is 15. The number of aliphatic hydroxyl groups is 3. The zero-order valence-electron chi connectivity index (χ0n) is 59.7. The van der Waals surface area contributed by atoms with Gasteiger partial charge >= 0.3 is 17.9 Å². The molecule has 0 fully saturated rings. The summed E-state index contributed by atoms with van der Waals surface area (Å²) in [6.45, 7) is 5.92. The fraction of sp³-hybridized carbons (Fsp3) is 0.457. The first kappa shape index (κ1) is 86.7. The van der Waals surface area contributed by atoms with E-state index in [0.717, 1.165) is 13.8 Å². The fourth-order valence-corrected chi connectivity index (χ4v) is 11.0. The van der Waals surface area contributed by atoms with Crippen LogP contribution in [0.15, 0.2) is 97.6 Å². The van der Waals surface area contributed by atoms with E-state index in [0.29, 0.717) is 27.6 Å². The van der Waals surface area contributed by atoms with E-state index < -0.39 is 231 Å². The van der Waals surface area contributed by atoms with Crippen molar-refractivity contribution in [2.24, 2.45) is 17.4 Å². The van der Waals surface area contributed by atoms with Crippen LogP contribution in [0, 0.1) is 5.92 Å². The molecule has 38 nitrogen and oxygen atoms in total. The number of phenols is 1. The van der Waals surface area contributed by atoms with Crippen molar-refractivity contribution in [3.63, 3.8) is 0 Å². The maximum Gasteiger partial charge on any atom is 0.328 e. The van der Waals surface area contributed by atoms with Gasteiger partial charge in [-0.2, -0.15) is 0 Å². The largest absolute Gasteiger partial charge is 0.508 e. The molecule has 586 valence electrons. The molecule has 0 radical (unpaired) electrons. The number of primary amides is 1. The van der Waals surface area contributed by atoms with Gasteiger partial charge in [-0.15, -0.1) is 0 Å². The number of fused-ring (bicyclic) bond motifs is 1. The van der Waals surface area contributed by atoms with Gasteiger partial charge in [0, 0.05) is 68.2 Å². The Hall–Kier alpha value is -11.9. The molecule has 5 aromatic rings. The number of aliphatic hydroxyl groups excluding tert-OH is 3. The van der Waals surface area contributed by atoms with Crippen molar-refractivity contribution in [3.8, 4) is 5.75 Å². The highest BCUT2D eigenvalue weighted by atomic mass is 16.4. The summed E-state index contributed by atoms with van der Waals surface area (Å²) in [4.78, 5) is 214. The minimum absolute atomic E-state index is 0.0275. The molecule has 2 aromatic heterocycles. The molecule has 14 atom stereocenters. The number of carbonyl (C=O) groups excluding carboxylic acids is 12. The average Bonchev–Trinajstić information content (AvgIpc) is 1.66. The molecular formula is C70H94N16O22. The number of amides is 12. The van der Waals surface area contributed by atoms with Crippen molar-refractivity contribution in [2.45, 2.75) is 190 Å².